The van der Waals surface area contributed by atoms with Gasteiger partial charge in [-0.25, -0.2) is 0 Å². The van der Waals surface area contributed by atoms with Crippen molar-refractivity contribution in [1.29, 1.82) is 0 Å². The molecule has 0 amide bonds. The Morgan fingerprint density at radius 1 is 1.24 bits per heavy atom. The molecule has 0 fully saturated rings. The maximum absolute atomic E-state index is 12.1. The molecule has 0 spiro atoms. The summed E-state index contributed by atoms with van der Waals surface area (Å²) in [7, 11) is 0. The quantitative estimate of drug-likeness (QED) is 0.351. The van der Waals surface area contributed by atoms with E-state index >= 15 is 0 Å². The Hall–Kier alpha value is -0.980. The molecule has 0 radical (unpaired) electrons. The molecule has 0 N–H and O–H groups in total. The van der Waals surface area contributed by atoms with E-state index in [2.05, 4.69) is 15.9 Å². The minimum absolute atomic E-state index is 0.218. The highest BCUT2D eigenvalue weighted by molar-refractivity contribution is 9.10. The molecule has 0 aliphatic carbocycles. The minimum Gasteiger partial charge on any atom is -0.465 e. The van der Waals surface area contributed by atoms with Gasteiger partial charge in [-0.1, -0.05) is 39.1 Å². The molecule has 1 aromatic rings. The van der Waals surface area contributed by atoms with Gasteiger partial charge in [0.25, 0.3) is 0 Å². The number of hydrogen-bond donors (Lipinski definition) is 0. The van der Waals surface area contributed by atoms with Gasteiger partial charge < -0.3 is 14.4 Å². The Morgan fingerprint density at radius 3 is 2.40 bits per heavy atom. The second-order valence-corrected chi connectivity index (χ2v) is 7.20. The monoisotopic (exact) mass is 451 g/mol. The highest BCUT2D eigenvalue weighted by Gasteiger charge is 2.32. The van der Waals surface area contributed by atoms with Crippen LogP contribution in [0.2, 0.25) is 10.0 Å². The molecule has 5 nitrogen and oxygen atoms in total. The number of esters is 2. The number of benzene rings is 1. The number of carbonyl (C=O) groups excluding carboxylic acids is 2. The smallest absolute Gasteiger partial charge is 0.320 e. The lowest BCUT2D eigenvalue weighted by Gasteiger charge is -2.23. The highest BCUT2D eigenvalue weighted by atomic mass is 79.9. The summed E-state index contributed by atoms with van der Waals surface area (Å²) in [5, 5.41) is 0.952. The van der Waals surface area contributed by atoms with Crippen molar-refractivity contribution in [3.05, 3.63) is 26.1 Å². The third kappa shape index (κ3) is 4.60. The Bertz CT molecular complexity index is 651. The van der Waals surface area contributed by atoms with Crippen molar-refractivity contribution < 1.29 is 19.1 Å². The van der Waals surface area contributed by atoms with Gasteiger partial charge in [-0.15, -0.1) is 0 Å². The molecule has 0 aromatic heterocycles. The Balaban J connectivity index is 2.15. The Morgan fingerprint density at radius 2 is 1.84 bits per heavy atom. The van der Waals surface area contributed by atoms with E-state index in [-0.39, 0.29) is 19.6 Å². The maximum atomic E-state index is 12.1. The molecule has 2 rings (SSSR count). The number of anilines is 1. The molecule has 1 heterocycles. The van der Waals surface area contributed by atoms with Gasteiger partial charge in [0.2, 0.25) is 0 Å². The number of rotatable bonds is 7. The first kappa shape index (κ1) is 20.3. The molecule has 0 atom stereocenters. The van der Waals surface area contributed by atoms with Crippen molar-refractivity contribution in [2.75, 3.05) is 31.2 Å². The van der Waals surface area contributed by atoms with Gasteiger partial charge in [0.15, 0.2) is 5.92 Å². The van der Waals surface area contributed by atoms with Gasteiger partial charge in [-0.3, -0.25) is 9.59 Å². The van der Waals surface area contributed by atoms with E-state index in [0.29, 0.717) is 16.6 Å². The molecule has 1 aliphatic rings. The Kier molecular flexibility index (Phi) is 7.40. The first-order valence-corrected chi connectivity index (χ1v) is 9.70. The molecule has 138 valence electrons. The van der Waals surface area contributed by atoms with Crippen molar-refractivity contribution in [1.82, 2.24) is 0 Å². The molecular formula is C17H20BrCl2NO4. The van der Waals surface area contributed by atoms with E-state index < -0.39 is 17.9 Å². The molecule has 0 saturated carbocycles. The van der Waals surface area contributed by atoms with E-state index in [9.17, 15) is 9.59 Å². The predicted molar refractivity (Wildman–Crippen MR) is 101 cm³/mol. The lowest BCUT2D eigenvalue weighted by molar-refractivity contribution is -0.161. The summed E-state index contributed by atoms with van der Waals surface area (Å²) in [5.74, 6) is -2.05. The van der Waals surface area contributed by atoms with Crippen LogP contribution in [0.5, 0.6) is 0 Å². The number of ether oxygens (including phenoxy) is 2. The highest BCUT2D eigenvalue weighted by Crippen LogP contribution is 2.43. The van der Waals surface area contributed by atoms with Crippen LogP contribution in [-0.4, -0.2) is 38.2 Å². The SMILES string of the molecule is CCOC(=O)C(CCN1CCc2c(Br)cc(Cl)c(Cl)c21)C(=O)OCC. The number of halogens is 3. The zero-order valence-electron chi connectivity index (χ0n) is 14.1. The maximum Gasteiger partial charge on any atom is 0.320 e. The molecule has 25 heavy (non-hydrogen) atoms. The Labute approximate surface area is 165 Å². The lowest BCUT2D eigenvalue weighted by Crippen LogP contribution is -2.33. The van der Waals surface area contributed by atoms with Crippen molar-refractivity contribution in [2.45, 2.75) is 26.7 Å². The number of fused-ring (bicyclic) bond motifs is 1. The summed E-state index contributed by atoms with van der Waals surface area (Å²) in [5.41, 5.74) is 1.94. The van der Waals surface area contributed by atoms with Crippen LogP contribution in [-0.2, 0) is 25.5 Å². The molecule has 0 bridgehead atoms. The summed E-state index contributed by atoms with van der Waals surface area (Å²) in [6, 6.07) is 1.78. The first-order chi connectivity index (χ1) is 11.9. The summed E-state index contributed by atoms with van der Waals surface area (Å²) < 4.78 is 10.9. The molecule has 8 heteroatoms. The topological polar surface area (TPSA) is 55.8 Å². The van der Waals surface area contributed by atoms with Crippen LogP contribution in [0.3, 0.4) is 0 Å². The standard InChI is InChI=1S/C17H20BrCl2NO4/c1-3-24-16(22)11(17(23)25-4-2)6-8-21-7-5-10-12(18)9-13(19)14(20)15(10)21/h9,11H,3-8H2,1-2H3. The van der Waals surface area contributed by atoms with Crippen LogP contribution in [0.4, 0.5) is 5.69 Å². The molecule has 0 saturated heterocycles. The van der Waals surface area contributed by atoms with Crippen LogP contribution in [0.25, 0.3) is 0 Å². The zero-order valence-corrected chi connectivity index (χ0v) is 17.2. The fourth-order valence-electron chi connectivity index (χ4n) is 2.87. The average molecular weight is 453 g/mol. The number of carbonyl (C=O) groups is 2. The molecule has 0 unspecified atom stereocenters. The van der Waals surface area contributed by atoms with Gasteiger partial charge in [-0.2, -0.15) is 0 Å². The van der Waals surface area contributed by atoms with Crippen molar-refractivity contribution in [3.8, 4) is 0 Å². The fourth-order valence-corrected chi connectivity index (χ4v) is 4.11. The third-order valence-corrected chi connectivity index (χ3v) is 5.51. The predicted octanol–water partition coefficient (Wildman–Crippen LogP) is 4.25. The second kappa shape index (κ2) is 9.10. The van der Waals surface area contributed by atoms with Gasteiger partial charge in [0.05, 0.1) is 28.9 Å². The van der Waals surface area contributed by atoms with Crippen LogP contribution in [0, 0.1) is 5.92 Å². The van der Waals surface area contributed by atoms with Crippen LogP contribution in [0.15, 0.2) is 10.5 Å². The van der Waals surface area contributed by atoms with E-state index in [1.807, 2.05) is 4.90 Å². The summed E-state index contributed by atoms with van der Waals surface area (Å²) in [6.07, 6.45) is 1.11. The van der Waals surface area contributed by atoms with Crippen molar-refractivity contribution >= 4 is 56.8 Å². The third-order valence-electron chi connectivity index (χ3n) is 4.02. The number of hydrogen-bond acceptors (Lipinski definition) is 5. The summed E-state index contributed by atoms with van der Waals surface area (Å²) in [4.78, 5) is 26.2. The van der Waals surface area contributed by atoms with Crippen molar-refractivity contribution in [2.24, 2.45) is 5.92 Å². The van der Waals surface area contributed by atoms with Gasteiger partial charge >= 0.3 is 11.9 Å². The molecular weight excluding hydrogens is 433 g/mol. The largest absolute Gasteiger partial charge is 0.465 e. The summed E-state index contributed by atoms with van der Waals surface area (Å²) >= 11 is 16.0. The normalized spacial score (nSPS) is 13.1. The van der Waals surface area contributed by atoms with Crippen molar-refractivity contribution in [3.63, 3.8) is 0 Å². The van der Waals surface area contributed by atoms with E-state index in [1.54, 1.807) is 19.9 Å². The van der Waals surface area contributed by atoms with E-state index in [4.69, 9.17) is 32.7 Å². The lowest BCUT2D eigenvalue weighted by atomic mass is 10.1. The summed E-state index contributed by atoms with van der Waals surface area (Å²) in [6.45, 7) is 5.06. The van der Waals surface area contributed by atoms with E-state index in [1.165, 1.54) is 0 Å². The van der Waals surface area contributed by atoms with Gasteiger partial charge in [0.1, 0.15) is 0 Å². The first-order valence-electron chi connectivity index (χ1n) is 8.15. The zero-order chi connectivity index (χ0) is 18.6. The second-order valence-electron chi connectivity index (χ2n) is 5.56. The van der Waals surface area contributed by atoms with Gasteiger partial charge in [-0.05, 0) is 38.3 Å². The van der Waals surface area contributed by atoms with Crippen LogP contribution in [0.1, 0.15) is 25.8 Å². The van der Waals surface area contributed by atoms with Crippen LogP contribution >= 0.6 is 39.1 Å². The average Bonchev–Trinajstić information content (AvgIpc) is 2.98. The molecule has 1 aliphatic heterocycles. The minimum atomic E-state index is -0.939. The number of nitrogens with zero attached hydrogens (tertiary/aromatic N) is 1. The molecule has 1 aromatic carbocycles. The van der Waals surface area contributed by atoms with E-state index in [0.717, 1.165) is 28.7 Å². The van der Waals surface area contributed by atoms with Crippen LogP contribution < -0.4 is 4.90 Å². The van der Waals surface area contributed by atoms with Gasteiger partial charge in [0, 0.05) is 17.6 Å². The fraction of sp³-hybridized carbons (Fsp3) is 0.529.